The van der Waals surface area contributed by atoms with Crippen molar-refractivity contribution in [3.05, 3.63) is 0 Å². The molecule has 3 N–H and O–H groups in total. The first kappa shape index (κ1) is 31.8. The summed E-state index contributed by atoms with van der Waals surface area (Å²) in [5, 5.41) is 13.2. The van der Waals surface area contributed by atoms with Gasteiger partial charge in [0.2, 0.25) is 23.3 Å². The maximum absolute atomic E-state index is 13.1. The summed E-state index contributed by atoms with van der Waals surface area (Å²) in [6.07, 6.45) is -0.189. The number of carbonyl (C=O) groups is 6. The highest BCUT2D eigenvalue weighted by Crippen LogP contribution is 2.23. The van der Waals surface area contributed by atoms with Gasteiger partial charge in [0.15, 0.2) is 0 Å². The maximum atomic E-state index is 13.1. The van der Waals surface area contributed by atoms with Crippen LogP contribution in [-0.2, 0) is 33.4 Å². The van der Waals surface area contributed by atoms with Crippen LogP contribution in [0.5, 0.6) is 0 Å². The van der Waals surface area contributed by atoms with Gasteiger partial charge >= 0.3 is 12.1 Å². The van der Waals surface area contributed by atoms with Crippen LogP contribution in [0.25, 0.3) is 0 Å². The molecule has 0 aromatic heterocycles. The highest BCUT2D eigenvalue weighted by molar-refractivity contribution is 5.94. The van der Waals surface area contributed by atoms with Crippen molar-refractivity contribution in [3.8, 4) is 0 Å². The zero-order valence-corrected chi connectivity index (χ0v) is 23.5. The fourth-order valence-electron chi connectivity index (χ4n) is 4.90. The van der Waals surface area contributed by atoms with Gasteiger partial charge in [0.25, 0.3) is 5.91 Å². The van der Waals surface area contributed by atoms with E-state index in [0.29, 0.717) is 32.2 Å². The molecule has 0 bridgehead atoms. The van der Waals surface area contributed by atoms with Gasteiger partial charge in [0.05, 0.1) is 12.7 Å². The number of nitrogens with one attached hydrogen (secondary N) is 2. The van der Waals surface area contributed by atoms with E-state index in [2.05, 4.69) is 10.7 Å². The summed E-state index contributed by atoms with van der Waals surface area (Å²) in [6, 6.07) is -2.47. The van der Waals surface area contributed by atoms with E-state index in [0.717, 1.165) is 5.01 Å². The summed E-state index contributed by atoms with van der Waals surface area (Å²) in [4.78, 5) is 78.5. The van der Waals surface area contributed by atoms with Crippen LogP contribution in [0.4, 0.5) is 4.79 Å². The highest BCUT2D eigenvalue weighted by Gasteiger charge is 2.42. The Balaban J connectivity index is 2.00. The predicted molar refractivity (Wildman–Crippen MR) is 136 cm³/mol. The Morgan fingerprint density at radius 1 is 1.03 bits per heavy atom. The van der Waals surface area contributed by atoms with Gasteiger partial charge in [0.1, 0.15) is 18.1 Å². The zero-order chi connectivity index (χ0) is 29.5. The number of nitrogens with zero attached hydrogens (tertiary/aromatic N) is 3. The number of amides is 5. The summed E-state index contributed by atoms with van der Waals surface area (Å²) < 4.78 is 10.3. The summed E-state index contributed by atoms with van der Waals surface area (Å²) in [5.74, 6) is -2.59. The molecule has 2 aliphatic heterocycles. The number of likely N-dealkylation sites (tertiary alicyclic amines) is 2. The Labute approximate surface area is 228 Å². The molecule has 0 aromatic carbocycles. The van der Waals surface area contributed by atoms with E-state index < -0.39 is 59.6 Å². The lowest BCUT2D eigenvalue weighted by atomic mass is 9.99. The number of carbonyl (C=O) groups excluding carboxylic acids is 6. The number of rotatable bonds is 9. The number of esters is 1. The molecule has 2 aliphatic rings. The fraction of sp³-hybridized carbons (Fsp3) is 0.760. The van der Waals surface area contributed by atoms with Crippen LogP contribution in [0.2, 0.25) is 0 Å². The first-order chi connectivity index (χ1) is 18.2. The highest BCUT2D eigenvalue weighted by atomic mass is 16.6. The predicted octanol–water partition coefficient (Wildman–Crippen LogP) is -0.315. The molecule has 5 amide bonds. The minimum absolute atomic E-state index is 0.0401. The Hall–Kier alpha value is -3.42. The summed E-state index contributed by atoms with van der Waals surface area (Å²) in [7, 11) is 1.22. The number of hydrogen-bond donors (Lipinski definition) is 3. The normalized spacial score (nSPS) is 21.8. The van der Waals surface area contributed by atoms with Crippen LogP contribution < -0.4 is 10.7 Å². The van der Waals surface area contributed by atoms with Crippen LogP contribution in [0.3, 0.4) is 0 Å². The van der Waals surface area contributed by atoms with Crippen LogP contribution in [0.15, 0.2) is 0 Å². The van der Waals surface area contributed by atoms with Crippen molar-refractivity contribution >= 4 is 35.7 Å². The van der Waals surface area contributed by atoms with Crippen molar-refractivity contribution in [2.45, 2.75) is 96.6 Å². The van der Waals surface area contributed by atoms with E-state index in [1.165, 1.54) is 44.5 Å². The van der Waals surface area contributed by atoms with E-state index >= 15 is 0 Å². The Morgan fingerprint density at radius 2 is 1.59 bits per heavy atom. The molecular weight excluding hydrogens is 514 g/mol. The third kappa shape index (κ3) is 8.04. The second-order valence-electron chi connectivity index (χ2n) is 10.2. The third-order valence-corrected chi connectivity index (χ3v) is 6.78. The monoisotopic (exact) mass is 555 g/mol. The minimum Gasteiger partial charge on any atom is -0.463 e. The van der Waals surface area contributed by atoms with Crippen molar-refractivity contribution < 1.29 is 43.3 Å². The Morgan fingerprint density at radius 3 is 2.13 bits per heavy atom. The second kappa shape index (κ2) is 13.6. The molecule has 0 aliphatic carbocycles. The molecule has 2 rings (SSSR count). The van der Waals surface area contributed by atoms with Gasteiger partial charge in [-0.15, -0.1) is 0 Å². The lowest BCUT2D eigenvalue weighted by molar-refractivity contribution is -0.167. The molecule has 2 unspecified atom stereocenters. The van der Waals surface area contributed by atoms with Crippen LogP contribution in [0, 0.1) is 0 Å². The van der Waals surface area contributed by atoms with Gasteiger partial charge in [-0.2, -0.15) is 0 Å². The SMILES string of the molecule is CCOC(=O)C(C)(CC(C)O)OC(=O)N(C)NC(=O)[C@@H]1CCCN1C(=O)[C@H](C)NC(=O)[C@@H]1CCCN1C(C)=O. The molecule has 220 valence electrons. The van der Waals surface area contributed by atoms with Gasteiger partial charge in [-0.3, -0.25) is 24.6 Å². The molecule has 0 aromatic rings. The summed E-state index contributed by atoms with van der Waals surface area (Å²) >= 11 is 0. The molecule has 39 heavy (non-hydrogen) atoms. The lowest BCUT2D eigenvalue weighted by Crippen LogP contribution is -2.57. The van der Waals surface area contributed by atoms with Crippen LogP contribution >= 0.6 is 0 Å². The van der Waals surface area contributed by atoms with Gasteiger partial charge in [-0.1, -0.05) is 0 Å². The van der Waals surface area contributed by atoms with Crippen molar-refractivity contribution in [2.75, 3.05) is 26.7 Å². The molecule has 0 spiro atoms. The number of hydrazine groups is 1. The number of aliphatic hydroxyl groups is 1. The Kier molecular flexibility index (Phi) is 11.1. The van der Waals surface area contributed by atoms with Gasteiger partial charge in [-0.25, -0.2) is 14.6 Å². The topological polar surface area (TPSA) is 175 Å². The Bertz CT molecular complexity index is 958. The standard InChI is InChI=1S/C25H41N5O9/c1-7-38-23(36)25(5,14-15(2)31)39-24(37)28(6)27-21(34)19-11-9-13-30(19)22(35)16(3)26-20(33)18-10-8-12-29(18)17(4)32/h15-16,18-19,31H,7-14H2,1-6H3,(H,26,33)(H,27,34)/t15?,16-,18-,19-,25?/m0/s1. The van der Waals surface area contributed by atoms with Crippen molar-refractivity contribution in [1.82, 2.24) is 25.6 Å². The zero-order valence-electron chi connectivity index (χ0n) is 23.5. The van der Waals surface area contributed by atoms with Gasteiger partial charge in [-0.05, 0) is 53.4 Å². The van der Waals surface area contributed by atoms with Gasteiger partial charge in [0, 0.05) is 33.5 Å². The summed E-state index contributed by atoms with van der Waals surface area (Å²) in [5.41, 5.74) is 0.585. The van der Waals surface area contributed by atoms with E-state index in [9.17, 15) is 33.9 Å². The van der Waals surface area contributed by atoms with E-state index in [-0.39, 0.29) is 25.5 Å². The fourth-order valence-corrected chi connectivity index (χ4v) is 4.90. The van der Waals surface area contributed by atoms with E-state index in [1.54, 1.807) is 6.92 Å². The number of ether oxygens (including phenoxy) is 2. The average Bonchev–Trinajstić information content (AvgIpc) is 3.53. The average molecular weight is 556 g/mol. The third-order valence-electron chi connectivity index (χ3n) is 6.78. The first-order valence-corrected chi connectivity index (χ1v) is 13.2. The van der Waals surface area contributed by atoms with Crippen LogP contribution in [-0.4, -0.2) is 112 Å². The van der Waals surface area contributed by atoms with Crippen LogP contribution in [0.1, 0.15) is 66.7 Å². The van der Waals surface area contributed by atoms with E-state index in [1.807, 2.05) is 0 Å². The largest absolute Gasteiger partial charge is 0.463 e. The van der Waals surface area contributed by atoms with E-state index in [4.69, 9.17) is 9.47 Å². The lowest BCUT2D eigenvalue weighted by Gasteiger charge is -2.32. The quantitative estimate of drug-likeness (QED) is 0.254. The first-order valence-electron chi connectivity index (χ1n) is 13.2. The van der Waals surface area contributed by atoms with Gasteiger partial charge < -0.3 is 29.7 Å². The molecule has 0 radical (unpaired) electrons. The molecular formula is C25H41N5O9. The maximum Gasteiger partial charge on any atom is 0.429 e. The second-order valence-corrected chi connectivity index (χ2v) is 10.2. The summed E-state index contributed by atoms with van der Waals surface area (Å²) in [6.45, 7) is 8.04. The molecule has 14 heteroatoms. The molecule has 0 saturated carbocycles. The molecule has 2 fully saturated rings. The molecule has 2 heterocycles. The van der Waals surface area contributed by atoms with Crippen molar-refractivity contribution in [2.24, 2.45) is 0 Å². The van der Waals surface area contributed by atoms with Crippen molar-refractivity contribution in [1.29, 1.82) is 0 Å². The minimum atomic E-state index is -1.79. The smallest absolute Gasteiger partial charge is 0.429 e. The van der Waals surface area contributed by atoms with Crippen molar-refractivity contribution in [3.63, 3.8) is 0 Å². The number of hydrogen-bond acceptors (Lipinski definition) is 9. The molecule has 2 saturated heterocycles. The molecule has 5 atom stereocenters. The number of aliphatic hydroxyl groups excluding tert-OH is 1. The molecule has 14 nitrogen and oxygen atoms in total.